The Labute approximate surface area is 120 Å². The summed E-state index contributed by atoms with van der Waals surface area (Å²) in [6.07, 6.45) is 2.25. The predicted octanol–water partition coefficient (Wildman–Crippen LogP) is 1.81. The van der Waals surface area contributed by atoms with Gasteiger partial charge in [0.1, 0.15) is 9.96 Å². The summed E-state index contributed by atoms with van der Waals surface area (Å²) >= 11 is 0.859. The second-order valence-electron chi connectivity index (χ2n) is 4.23. The molecule has 1 aromatic carbocycles. The number of sulfone groups is 1. The van der Waals surface area contributed by atoms with Crippen molar-refractivity contribution >= 4 is 32.2 Å². The largest absolute Gasteiger partial charge is 0.507 e. The van der Waals surface area contributed by atoms with Gasteiger partial charge in [0, 0.05) is 6.26 Å². The van der Waals surface area contributed by atoms with Gasteiger partial charge in [0.25, 0.3) is 5.91 Å². The average Bonchev–Trinajstić information content (AvgIpc) is 2.76. The van der Waals surface area contributed by atoms with Crippen molar-refractivity contribution in [3.05, 3.63) is 35.5 Å². The van der Waals surface area contributed by atoms with Gasteiger partial charge in [-0.05, 0) is 24.6 Å². The van der Waals surface area contributed by atoms with Gasteiger partial charge in [0.2, 0.25) is 0 Å². The van der Waals surface area contributed by atoms with Crippen molar-refractivity contribution in [3.63, 3.8) is 0 Å². The molecular weight excluding hydrogens is 300 g/mol. The zero-order valence-corrected chi connectivity index (χ0v) is 12.4. The maximum Gasteiger partial charge on any atom is 0.261 e. The summed E-state index contributed by atoms with van der Waals surface area (Å²) in [5.74, 6) is -0.681. The number of phenols is 1. The normalized spacial score (nSPS) is 11.3. The molecule has 20 heavy (non-hydrogen) atoms. The Morgan fingerprint density at radius 3 is 2.65 bits per heavy atom. The first-order valence-corrected chi connectivity index (χ1v) is 8.25. The number of benzene rings is 1. The zero-order chi connectivity index (χ0) is 14.9. The van der Waals surface area contributed by atoms with E-state index < -0.39 is 15.7 Å². The first kappa shape index (κ1) is 14.5. The van der Waals surface area contributed by atoms with Gasteiger partial charge in [0.05, 0.1) is 11.8 Å². The van der Waals surface area contributed by atoms with Crippen LogP contribution in [0, 0.1) is 6.92 Å². The minimum atomic E-state index is -3.34. The van der Waals surface area contributed by atoms with Gasteiger partial charge >= 0.3 is 0 Å². The third-order valence-corrected chi connectivity index (χ3v) is 5.17. The van der Waals surface area contributed by atoms with Gasteiger partial charge < -0.3 is 5.11 Å². The number of phenolic OH excluding ortho intramolecular Hbond substituents is 1. The maximum absolute atomic E-state index is 12.0. The molecular formula is C12H12N2O4S2. The number of amides is 1. The third kappa shape index (κ3) is 3.14. The molecule has 0 saturated carbocycles. The molecule has 0 aliphatic rings. The van der Waals surface area contributed by atoms with Crippen LogP contribution in [0.15, 0.2) is 28.6 Å². The third-order valence-electron chi connectivity index (χ3n) is 2.47. The first-order chi connectivity index (χ1) is 9.27. The second kappa shape index (κ2) is 5.22. The molecule has 1 heterocycles. The molecule has 2 aromatic rings. The van der Waals surface area contributed by atoms with Crippen LogP contribution in [-0.4, -0.2) is 30.7 Å². The Morgan fingerprint density at radius 2 is 2.10 bits per heavy atom. The number of anilines is 1. The summed E-state index contributed by atoms with van der Waals surface area (Å²) < 4.78 is 22.7. The summed E-state index contributed by atoms with van der Waals surface area (Å²) in [4.78, 5) is 15.8. The molecule has 0 atom stereocenters. The van der Waals surface area contributed by atoms with E-state index in [1.807, 2.05) is 0 Å². The highest BCUT2D eigenvalue weighted by molar-refractivity contribution is 7.92. The van der Waals surface area contributed by atoms with Crippen LogP contribution in [0.5, 0.6) is 5.75 Å². The molecule has 0 bridgehead atoms. The van der Waals surface area contributed by atoms with E-state index in [2.05, 4.69) is 10.3 Å². The van der Waals surface area contributed by atoms with Crippen molar-refractivity contribution in [1.82, 2.24) is 4.98 Å². The Hall–Kier alpha value is -1.93. The van der Waals surface area contributed by atoms with Gasteiger partial charge in [-0.1, -0.05) is 17.4 Å². The lowest BCUT2D eigenvalue weighted by Crippen LogP contribution is -2.11. The molecule has 106 valence electrons. The molecule has 0 aliphatic heterocycles. The molecule has 0 fully saturated rings. The van der Waals surface area contributed by atoms with E-state index in [1.54, 1.807) is 13.0 Å². The van der Waals surface area contributed by atoms with Crippen LogP contribution in [0.25, 0.3) is 0 Å². The highest BCUT2D eigenvalue weighted by Crippen LogP contribution is 2.24. The topological polar surface area (TPSA) is 96.4 Å². The van der Waals surface area contributed by atoms with Crippen molar-refractivity contribution in [2.75, 3.05) is 11.6 Å². The number of nitrogens with one attached hydrogen (secondary N) is 1. The first-order valence-electron chi connectivity index (χ1n) is 5.54. The number of aromatic hydroxyl groups is 1. The van der Waals surface area contributed by atoms with E-state index in [1.165, 1.54) is 18.3 Å². The van der Waals surface area contributed by atoms with Gasteiger partial charge in [0.15, 0.2) is 15.0 Å². The fourth-order valence-corrected chi connectivity index (χ4v) is 3.12. The van der Waals surface area contributed by atoms with Crippen LogP contribution in [0.4, 0.5) is 5.13 Å². The quantitative estimate of drug-likeness (QED) is 0.901. The standard InChI is InChI=1S/C12H12N2O4S2/c1-7-3-4-8(9(15)5-7)11(16)14-12-13-6-10(19-12)20(2,17)18/h3-6,15H,1-2H3,(H,13,14,16). The molecule has 2 N–H and O–H groups in total. The fraction of sp³-hybridized carbons (Fsp3) is 0.167. The highest BCUT2D eigenvalue weighted by Gasteiger charge is 2.16. The van der Waals surface area contributed by atoms with Crippen molar-refractivity contribution in [2.24, 2.45) is 0 Å². The number of aromatic nitrogens is 1. The monoisotopic (exact) mass is 312 g/mol. The van der Waals surface area contributed by atoms with E-state index in [-0.39, 0.29) is 20.7 Å². The molecule has 1 amide bonds. The summed E-state index contributed by atoms with van der Waals surface area (Å²) in [5, 5.41) is 12.3. The summed E-state index contributed by atoms with van der Waals surface area (Å²) in [6, 6.07) is 4.65. The molecule has 0 saturated heterocycles. The molecule has 0 radical (unpaired) electrons. The number of hydrogen-bond donors (Lipinski definition) is 2. The van der Waals surface area contributed by atoms with E-state index in [0.29, 0.717) is 0 Å². The number of nitrogens with zero attached hydrogens (tertiary/aromatic N) is 1. The number of thiazole rings is 1. The molecule has 0 aliphatic carbocycles. The number of rotatable bonds is 3. The van der Waals surface area contributed by atoms with E-state index in [4.69, 9.17) is 0 Å². The van der Waals surface area contributed by atoms with E-state index in [0.717, 1.165) is 23.2 Å². The van der Waals surface area contributed by atoms with E-state index in [9.17, 15) is 18.3 Å². The number of hydrogen-bond acceptors (Lipinski definition) is 6. The molecule has 1 aromatic heterocycles. The Balaban J connectivity index is 2.22. The van der Waals surface area contributed by atoms with Crippen molar-refractivity contribution in [3.8, 4) is 5.75 Å². The average molecular weight is 312 g/mol. The fourth-order valence-electron chi connectivity index (χ4n) is 1.49. The molecule has 6 nitrogen and oxygen atoms in total. The van der Waals surface area contributed by atoms with Gasteiger partial charge in [-0.15, -0.1) is 0 Å². The lowest BCUT2D eigenvalue weighted by atomic mass is 10.1. The van der Waals surface area contributed by atoms with Crippen LogP contribution in [0.2, 0.25) is 0 Å². The lowest BCUT2D eigenvalue weighted by molar-refractivity contribution is 0.102. The molecule has 0 unspecified atom stereocenters. The van der Waals surface area contributed by atoms with E-state index >= 15 is 0 Å². The van der Waals surface area contributed by atoms with Crippen molar-refractivity contribution in [2.45, 2.75) is 11.1 Å². The minimum absolute atomic E-state index is 0.0703. The Bertz CT molecular complexity index is 766. The van der Waals surface area contributed by atoms with Gasteiger partial charge in [-0.25, -0.2) is 13.4 Å². The highest BCUT2D eigenvalue weighted by atomic mass is 32.2. The number of aryl methyl sites for hydroxylation is 1. The zero-order valence-electron chi connectivity index (χ0n) is 10.7. The smallest absolute Gasteiger partial charge is 0.261 e. The summed E-state index contributed by atoms with van der Waals surface area (Å²) in [7, 11) is -3.34. The summed E-state index contributed by atoms with van der Waals surface area (Å²) in [6.45, 7) is 1.79. The van der Waals surface area contributed by atoms with Crippen molar-refractivity contribution < 1.29 is 18.3 Å². The van der Waals surface area contributed by atoms with Crippen LogP contribution < -0.4 is 5.32 Å². The Morgan fingerprint density at radius 1 is 1.40 bits per heavy atom. The second-order valence-corrected chi connectivity index (χ2v) is 7.50. The molecule has 8 heteroatoms. The van der Waals surface area contributed by atoms with Crippen LogP contribution in [0.3, 0.4) is 0 Å². The maximum atomic E-state index is 12.0. The van der Waals surface area contributed by atoms with Crippen LogP contribution in [-0.2, 0) is 9.84 Å². The SMILES string of the molecule is Cc1ccc(C(=O)Nc2ncc(S(C)(=O)=O)s2)c(O)c1. The van der Waals surface area contributed by atoms with Crippen LogP contribution >= 0.6 is 11.3 Å². The van der Waals surface area contributed by atoms with Crippen molar-refractivity contribution in [1.29, 1.82) is 0 Å². The predicted molar refractivity (Wildman–Crippen MR) is 76.0 cm³/mol. The number of carbonyl (C=O) groups excluding carboxylic acids is 1. The lowest BCUT2D eigenvalue weighted by Gasteiger charge is -2.04. The number of carbonyl (C=O) groups is 1. The molecule has 0 spiro atoms. The minimum Gasteiger partial charge on any atom is -0.507 e. The van der Waals surface area contributed by atoms with Crippen LogP contribution in [0.1, 0.15) is 15.9 Å². The Kier molecular flexibility index (Phi) is 3.78. The summed E-state index contributed by atoms with van der Waals surface area (Å²) in [5.41, 5.74) is 0.930. The van der Waals surface area contributed by atoms with Gasteiger partial charge in [-0.2, -0.15) is 0 Å². The molecule has 2 rings (SSSR count). The van der Waals surface area contributed by atoms with Gasteiger partial charge in [-0.3, -0.25) is 10.1 Å².